The summed E-state index contributed by atoms with van der Waals surface area (Å²) in [6, 6.07) is 6.98. The fraction of sp³-hybridized carbons (Fsp3) is 0.278. The van der Waals surface area contributed by atoms with Crippen LogP contribution < -0.4 is 15.2 Å². The van der Waals surface area contributed by atoms with E-state index in [-0.39, 0.29) is 15.3 Å². The number of aliphatic hydroxyl groups excluding tert-OH is 1. The number of fused-ring (bicyclic) bond motifs is 1. The van der Waals surface area contributed by atoms with Crippen LogP contribution in [0.25, 0.3) is 10.8 Å². The lowest BCUT2D eigenvalue weighted by atomic mass is 10.1. The molecule has 7 nitrogen and oxygen atoms in total. The molecular weight excluding hydrogens is 405 g/mol. The highest BCUT2D eigenvalue weighted by molar-refractivity contribution is 7.94. The van der Waals surface area contributed by atoms with E-state index in [1.54, 1.807) is 6.07 Å². The number of piperidine rings is 1. The minimum absolute atomic E-state index is 0.0315. The average molecular weight is 423 g/mol. The van der Waals surface area contributed by atoms with E-state index < -0.39 is 27.5 Å². The second kappa shape index (κ2) is 7.19. The highest BCUT2D eigenvalue weighted by Gasteiger charge is 2.23. The number of H-pyrrole nitrogens is 1. The van der Waals surface area contributed by atoms with Crippen molar-refractivity contribution in [2.75, 3.05) is 22.7 Å². The van der Waals surface area contributed by atoms with E-state index >= 15 is 0 Å². The van der Waals surface area contributed by atoms with Crippen molar-refractivity contribution >= 4 is 42.8 Å². The summed E-state index contributed by atoms with van der Waals surface area (Å²) in [6.07, 6.45) is 2.53. The molecule has 148 valence electrons. The predicted octanol–water partition coefficient (Wildman–Crippen LogP) is 2.49. The molecule has 0 amide bonds. The smallest absolute Gasteiger partial charge is 0.271 e. The number of anilines is 2. The van der Waals surface area contributed by atoms with Crippen LogP contribution in [0.15, 0.2) is 45.5 Å². The number of hydrogen-bond donors (Lipinski definition) is 3. The van der Waals surface area contributed by atoms with E-state index in [2.05, 4.69) is 9.71 Å². The van der Waals surface area contributed by atoms with Crippen LogP contribution in [0.2, 0.25) is 0 Å². The predicted molar refractivity (Wildman–Crippen MR) is 107 cm³/mol. The number of rotatable bonds is 4. The van der Waals surface area contributed by atoms with E-state index in [1.165, 1.54) is 24.4 Å². The number of nitrogens with one attached hydrogen (secondary N) is 2. The van der Waals surface area contributed by atoms with Crippen molar-refractivity contribution in [3.05, 3.63) is 52.7 Å². The zero-order chi connectivity index (χ0) is 19.9. The SMILES string of the molecule is O=c1[nH]ccc2cc(F)c(NS(=O)(=O)c3ccc(N4CCC[C@@H](O)C4)s3)cc12. The molecule has 0 aliphatic carbocycles. The first-order valence-electron chi connectivity index (χ1n) is 8.70. The highest BCUT2D eigenvalue weighted by atomic mass is 32.2. The lowest BCUT2D eigenvalue weighted by Gasteiger charge is -2.30. The maximum Gasteiger partial charge on any atom is 0.271 e. The average Bonchev–Trinajstić information content (AvgIpc) is 3.14. The largest absolute Gasteiger partial charge is 0.391 e. The lowest BCUT2D eigenvalue weighted by molar-refractivity contribution is 0.154. The number of halogens is 1. The molecule has 1 aliphatic rings. The molecule has 0 unspecified atom stereocenters. The molecule has 1 aromatic carbocycles. The number of thiophene rings is 1. The Balaban J connectivity index is 1.63. The minimum atomic E-state index is -4.02. The van der Waals surface area contributed by atoms with Gasteiger partial charge in [0.1, 0.15) is 10.0 Å². The topological polar surface area (TPSA) is 102 Å². The number of nitrogens with zero attached hydrogens (tertiary/aromatic N) is 1. The lowest BCUT2D eigenvalue weighted by Crippen LogP contribution is -2.37. The molecule has 3 heterocycles. The van der Waals surface area contributed by atoms with Crippen LogP contribution in [0, 0.1) is 5.82 Å². The first-order valence-corrected chi connectivity index (χ1v) is 11.0. The Kier molecular flexibility index (Phi) is 4.86. The van der Waals surface area contributed by atoms with Crippen molar-refractivity contribution < 1.29 is 17.9 Å². The summed E-state index contributed by atoms with van der Waals surface area (Å²) < 4.78 is 42.1. The molecule has 3 aromatic rings. The first kappa shape index (κ1) is 18.9. The summed E-state index contributed by atoms with van der Waals surface area (Å²) in [5.41, 5.74) is -0.715. The molecule has 2 aromatic heterocycles. The van der Waals surface area contributed by atoms with Gasteiger partial charge in [-0.1, -0.05) is 0 Å². The van der Waals surface area contributed by atoms with Crippen LogP contribution >= 0.6 is 11.3 Å². The quantitative estimate of drug-likeness (QED) is 0.598. The molecule has 0 bridgehead atoms. The van der Waals surface area contributed by atoms with Crippen LogP contribution in [0.1, 0.15) is 12.8 Å². The van der Waals surface area contributed by atoms with Crippen LogP contribution in [-0.4, -0.2) is 37.7 Å². The van der Waals surface area contributed by atoms with Gasteiger partial charge in [0.2, 0.25) is 0 Å². The number of sulfonamides is 1. The molecule has 0 radical (unpaired) electrons. The fourth-order valence-electron chi connectivity index (χ4n) is 3.26. The standard InChI is InChI=1S/C18H18FN3O4S2/c19-14-8-11-5-6-20-18(24)13(11)9-15(14)21-28(25,26)17-4-3-16(27-17)22-7-1-2-12(23)10-22/h3-6,8-9,12,21,23H,1-2,7,10H2,(H,20,24)/t12-/m1/s1. The van der Waals surface area contributed by atoms with E-state index in [9.17, 15) is 22.7 Å². The maximum atomic E-state index is 14.4. The summed E-state index contributed by atoms with van der Waals surface area (Å²) in [5, 5.41) is 11.1. The highest BCUT2D eigenvalue weighted by Crippen LogP contribution is 2.33. The van der Waals surface area contributed by atoms with E-state index in [4.69, 9.17) is 0 Å². The van der Waals surface area contributed by atoms with Crippen molar-refractivity contribution in [3.8, 4) is 0 Å². The molecule has 1 saturated heterocycles. The van der Waals surface area contributed by atoms with Gasteiger partial charge in [0.25, 0.3) is 15.6 Å². The monoisotopic (exact) mass is 423 g/mol. The van der Waals surface area contributed by atoms with Crippen molar-refractivity contribution in [3.63, 3.8) is 0 Å². The van der Waals surface area contributed by atoms with Gasteiger partial charge >= 0.3 is 0 Å². The number of pyridine rings is 1. The molecule has 28 heavy (non-hydrogen) atoms. The van der Waals surface area contributed by atoms with Crippen LogP contribution in [0.4, 0.5) is 15.1 Å². The molecule has 1 atom stereocenters. The van der Waals surface area contributed by atoms with Crippen molar-refractivity contribution in [2.24, 2.45) is 0 Å². The van der Waals surface area contributed by atoms with Crippen LogP contribution in [0.3, 0.4) is 0 Å². The fourth-order valence-corrected chi connectivity index (χ4v) is 5.65. The number of benzene rings is 1. The van der Waals surface area contributed by atoms with Gasteiger partial charge in [-0.15, -0.1) is 11.3 Å². The van der Waals surface area contributed by atoms with Gasteiger partial charge in [-0.3, -0.25) is 9.52 Å². The summed E-state index contributed by atoms with van der Waals surface area (Å²) in [5.74, 6) is -0.766. The molecule has 0 saturated carbocycles. The van der Waals surface area contributed by atoms with Gasteiger partial charge in [0, 0.05) is 24.7 Å². The summed E-state index contributed by atoms with van der Waals surface area (Å²) >= 11 is 1.05. The second-order valence-electron chi connectivity index (χ2n) is 6.67. The first-order chi connectivity index (χ1) is 13.3. The van der Waals surface area contributed by atoms with Crippen molar-refractivity contribution in [2.45, 2.75) is 23.2 Å². The zero-order valence-corrected chi connectivity index (χ0v) is 16.3. The molecular formula is C18H18FN3O4S2. The van der Waals surface area contributed by atoms with E-state index in [0.29, 0.717) is 11.9 Å². The van der Waals surface area contributed by atoms with Crippen molar-refractivity contribution in [1.82, 2.24) is 4.98 Å². The van der Waals surface area contributed by atoms with E-state index in [1.807, 2.05) is 4.90 Å². The number of hydrogen-bond acceptors (Lipinski definition) is 6. The van der Waals surface area contributed by atoms with Crippen LogP contribution in [-0.2, 0) is 10.0 Å². The Morgan fingerprint density at radius 1 is 1.29 bits per heavy atom. The van der Waals surface area contributed by atoms with Gasteiger partial charge in [0.15, 0.2) is 0 Å². The molecule has 1 aliphatic heterocycles. The van der Waals surface area contributed by atoms with Gasteiger partial charge in [0.05, 0.1) is 16.8 Å². The second-order valence-corrected chi connectivity index (χ2v) is 9.64. The third kappa shape index (κ3) is 3.62. The summed E-state index contributed by atoms with van der Waals surface area (Å²) in [7, 11) is -4.02. The molecule has 1 fully saturated rings. The van der Waals surface area contributed by atoms with Crippen LogP contribution in [0.5, 0.6) is 0 Å². The number of aromatic amines is 1. The Labute approximate surface area is 164 Å². The minimum Gasteiger partial charge on any atom is -0.391 e. The normalized spacial score (nSPS) is 17.8. The summed E-state index contributed by atoms with van der Waals surface area (Å²) in [6.45, 7) is 1.20. The van der Waals surface area contributed by atoms with Gasteiger partial charge < -0.3 is 15.0 Å². The number of aromatic nitrogens is 1. The summed E-state index contributed by atoms with van der Waals surface area (Å²) in [4.78, 5) is 16.3. The zero-order valence-electron chi connectivity index (χ0n) is 14.7. The molecule has 10 heteroatoms. The third-order valence-electron chi connectivity index (χ3n) is 4.65. The Hall–Kier alpha value is -2.43. The molecule has 0 spiro atoms. The Morgan fingerprint density at radius 2 is 2.11 bits per heavy atom. The molecule has 4 rings (SSSR count). The Bertz CT molecular complexity index is 1190. The van der Waals surface area contributed by atoms with E-state index in [0.717, 1.165) is 41.8 Å². The number of aliphatic hydroxyl groups is 1. The molecule has 3 N–H and O–H groups in total. The van der Waals surface area contributed by atoms with Gasteiger partial charge in [-0.2, -0.15) is 0 Å². The number of β-amino-alcohol motifs (C(OH)–C–C–N with tert-alkyl or cyclic N) is 1. The van der Waals surface area contributed by atoms with Crippen molar-refractivity contribution in [1.29, 1.82) is 0 Å². The third-order valence-corrected chi connectivity index (χ3v) is 7.65. The Morgan fingerprint density at radius 3 is 2.89 bits per heavy atom. The van der Waals surface area contributed by atoms with Gasteiger partial charge in [-0.05, 0) is 48.6 Å². The van der Waals surface area contributed by atoms with Gasteiger partial charge in [-0.25, -0.2) is 12.8 Å². The maximum absolute atomic E-state index is 14.4.